The van der Waals surface area contributed by atoms with Crippen LogP contribution in [0.2, 0.25) is 0 Å². The van der Waals surface area contributed by atoms with Gasteiger partial charge in [-0.15, -0.1) is 5.10 Å². The van der Waals surface area contributed by atoms with Crippen molar-refractivity contribution in [3.05, 3.63) is 23.5 Å². The molecule has 10 heteroatoms. The number of carbonyl (C=O) groups is 2. The second kappa shape index (κ2) is 10.4. The van der Waals surface area contributed by atoms with E-state index in [4.69, 9.17) is 9.47 Å². The SMILES string of the molecule is Cc1nc(-c2nnn(C)c2COC(=O)N(C)C2(CC(C)C)CC2)ccc1O[C@H]1CCC[C@H](C(=O)O)C1. The molecule has 1 amide bonds. The average Bonchev–Trinajstić information content (AvgIpc) is 3.51. The first-order valence-corrected chi connectivity index (χ1v) is 12.8. The van der Waals surface area contributed by atoms with Crippen LogP contribution in [0.15, 0.2) is 12.1 Å². The largest absolute Gasteiger partial charge is 0.489 e. The van der Waals surface area contributed by atoms with E-state index in [-0.39, 0.29) is 30.3 Å². The maximum Gasteiger partial charge on any atom is 0.410 e. The van der Waals surface area contributed by atoms with Gasteiger partial charge in [0.15, 0.2) is 0 Å². The molecule has 0 unspecified atom stereocenters. The molecule has 2 fully saturated rings. The first-order chi connectivity index (χ1) is 17.1. The Morgan fingerprint density at radius 1 is 1.28 bits per heavy atom. The third kappa shape index (κ3) is 5.63. The molecular formula is C26H37N5O5. The molecule has 1 N–H and O–H groups in total. The summed E-state index contributed by atoms with van der Waals surface area (Å²) in [5.41, 5.74) is 2.41. The maximum absolute atomic E-state index is 12.8. The summed E-state index contributed by atoms with van der Waals surface area (Å²) in [5, 5.41) is 17.7. The molecule has 2 aromatic heterocycles. The number of aryl methyl sites for hydroxylation is 2. The zero-order chi connectivity index (χ0) is 26.0. The Hall–Kier alpha value is -3.17. The highest BCUT2D eigenvalue weighted by Gasteiger charge is 2.49. The minimum Gasteiger partial charge on any atom is -0.489 e. The fourth-order valence-electron chi connectivity index (χ4n) is 5.20. The summed E-state index contributed by atoms with van der Waals surface area (Å²) in [6.45, 7) is 6.22. The van der Waals surface area contributed by atoms with Crippen LogP contribution in [0.4, 0.5) is 4.79 Å². The Balaban J connectivity index is 1.42. The quantitative estimate of drug-likeness (QED) is 0.541. The molecule has 0 saturated heterocycles. The molecule has 36 heavy (non-hydrogen) atoms. The van der Waals surface area contributed by atoms with Crippen LogP contribution in [0.3, 0.4) is 0 Å². The Bertz CT molecular complexity index is 1110. The monoisotopic (exact) mass is 499 g/mol. The number of nitrogens with zero attached hydrogens (tertiary/aromatic N) is 5. The summed E-state index contributed by atoms with van der Waals surface area (Å²) in [6.07, 6.45) is 5.35. The predicted molar refractivity (Wildman–Crippen MR) is 132 cm³/mol. The van der Waals surface area contributed by atoms with Gasteiger partial charge in [-0.2, -0.15) is 0 Å². The van der Waals surface area contributed by atoms with Crippen molar-refractivity contribution in [1.82, 2.24) is 24.9 Å². The van der Waals surface area contributed by atoms with E-state index in [1.807, 2.05) is 26.1 Å². The molecule has 196 valence electrons. The van der Waals surface area contributed by atoms with Crippen molar-refractivity contribution in [3.63, 3.8) is 0 Å². The van der Waals surface area contributed by atoms with Crippen LogP contribution in [-0.4, -0.2) is 60.7 Å². The van der Waals surface area contributed by atoms with E-state index in [1.54, 1.807) is 16.6 Å². The van der Waals surface area contributed by atoms with Gasteiger partial charge >= 0.3 is 12.1 Å². The van der Waals surface area contributed by atoms with Gasteiger partial charge in [-0.05, 0) is 69.9 Å². The van der Waals surface area contributed by atoms with E-state index in [9.17, 15) is 14.7 Å². The first kappa shape index (κ1) is 25.9. The fourth-order valence-corrected chi connectivity index (χ4v) is 5.20. The van der Waals surface area contributed by atoms with Crippen molar-refractivity contribution in [2.24, 2.45) is 18.9 Å². The summed E-state index contributed by atoms with van der Waals surface area (Å²) < 4.78 is 13.4. The molecule has 0 bridgehead atoms. The minimum absolute atomic E-state index is 0.0391. The fraction of sp³-hybridized carbons (Fsp3) is 0.654. The number of aliphatic carboxylic acids is 1. The molecule has 10 nitrogen and oxygen atoms in total. The Morgan fingerprint density at radius 3 is 2.67 bits per heavy atom. The first-order valence-electron chi connectivity index (χ1n) is 12.8. The predicted octanol–water partition coefficient (Wildman–Crippen LogP) is 4.35. The van der Waals surface area contributed by atoms with Crippen LogP contribution in [0.25, 0.3) is 11.4 Å². The topological polar surface area (TPSA) is 120 Å². The summed E-state index contributed by atoms with van der Waals surface area (Å²) in [5.74, 6) is 0.0184. The van der Waals surface area contributed by atoms with Crippen LogP contribution in [0.1, 0.15) is 70.2 Å². The normalized spacial score (nSPS) is 20.7. The summed E-state index contributed by atoms with van der Waals surface area (Å²) >= 11 is 0. The van der Waals surface area contributed by atoms with E-state index in [0.717, 1.165) is 32.1 Å². The molecule has 2 aliphatic carbocycles. The third-order valence-electron chi connectivity index (χ3n) is 7.42. The lowest BCUT2D eigenvalue weighted by Gasteiger charge is -2.28. The minimum atomic E-state index is -0.761. The van der Waals surface area contributed by atoms with Gasteiger partial charge in [-0.25, -0.2) is 14.5 Å². The van der Waals surface area contributed by atoms with E-state index < -0.39 is 5.97 Å². The van der Waals surface area contributed by atoms with Crippen LogP contribution >= 0.6 is 0 Å². The number of hydrogen-bond donors (Lipinski definition) is 1. The van der Waals surface area contributed by atoms with Gasteiger partial charge in [0.25, 0.3) is 0 Å². The standard InChI is InChI=1S/C26H37N5O5/c1-16(2)14-26(11-12-26)30(4)25(34)35-15-21-23(28-29-31(21)5)20-9-10-22(17(3)27-20)36-19-8-6-7-18(13-19)24(32)33/h9-10,16,18-19H,6-8,11-15H2,1-5H3,(H,32,33)/t18-,19-/m0/s1. The van der Waals surface area contributed by atoms with Gasteiger partial charge in [-0.3, -0.25) is 4.79 Å². The van der Waals surface area contributed by atoms with E-state index in [2.05, 4.69) is 29.1 Å². The lowest BCUT2D eigenvalue weighted by molar-refractivity contribution is -0.143. The highest BCUT2D eigenvalue weighted by atomic mass is 16.6. The van der Waals surface area contributed by atoms with Crippen molar-refractivity contribution in [2.75, 3.05) is 7.05 Å². The average molecular weight is 500 g/mol. The van der Waals surface area contributed by atoms with E-state index >= 15 is 0 Å². The number of hydrogen-bond acceptors (Lipinski definition) is 7. The number of amides is 1. The summed E-state index contributed by atoms with van der Waals surface area (Å²) in [7, 11) is 3.57. The highest BCUT2D eigenvalue weighted by molar-refractivity contribution is 5.70. The third-order valence-corrected chi connectivity index (χ3v) is 7.42. The van der Waals surface area contributed by atoms with Gasteiger partial charge in [0.1, 0.15) is 23.7 Å². The van der Waals surface area contributed by atoms with Gasteiger partial charge in [0, 0.05) is 19.6 Å². The van der Waals surface area contributed by atoms with Crippen LogP contribution < -0.4 is 4.74 Å². The number of carboxylic acid groups (broad SMARTS) is 1. The molecule has 2 aromatic rings. The van der Waals surface area contributed by atoms with Crippen molar-refractivity contribution in [3.8, 4) is 17.1 Å². The molecule has 2 heterocycles. The summed E-state index contributed by atoms with van der Waals surface area (Å²) in [4.78, 5) is 30.6. The molecular weight excluding hydrogens is 462 g/mol. The molecule has 4 rings (SSSR count). The molecule has 2 atom stereocenters. The van der Waals surface area contributed by atoms with Crippen molar-refractivity contribution >= 4 is 12.1 Å². The second-order valence-electron chi connectivity index (χ2n) is 10.7. The maximum atomic E-state index is 12.8. The zero-order valence-corrected chi connectivity index (χ0v) is 21.9. The lowest BCUT2D eigenvalue weighted by Crippen LogP contribution is -2.40. The number of rotatable bonds is 9. The number of ether oxygens (including phenoxy) is 2. The van der Waals surface area contributed by atoms with E-state index in [0.29, 0.717) is 47.3 Å². The van der Waals surface area contributed by atoms with Gasteiger partial charge in [-0.1, -0.05) is 19.1 Å². The number of carbonyl (C=O) groups excluding carboxylic acids is 1. The smallest absolute Gasteiger partial charge is 0.410 e. The van der Waals surface area contributed by atoms with Crippen molar-refractivity contribution in [2.45, 2.75) is 84.0 Å². The molecule has 0 radical (unpaired) electrons. The number of carboxylic acids is 1. The van der Waals surface area contributed by atoms with E-state index in [1.165, 1.54) is 0 Å². The lowest BCUT2D eigenvalue weighted by atomic mass is 9.87. The Morgan fingerprint density at radius 2 is 2.03 bits per heavy atom. The molecule has 2 aliphatic rings. The van der Waals surface area contributed by atoms with Crippen LogP contribution in [-0.2, 0) is 23.2 Å². The van der Waals surface area contributed by atoms with Crippen molar-refractivity contribution < 1.29 is 24.2 Å². The summed E-state index contributed by atoms with van der Waals surface area (Å²) in [6, 6.07) is 3.65. The highest BCUT2D eigenvalue weighted by Crippen LogP contribution is 2.46. The Labute approximate surface area is 212 Å². The number of pyridine rings is 1. The van der Waals surface area contributed by atoms with Gasteiger partial charge in [0.2, 0.25) is 0 Å². The second-order valence-corrected chi connectivity index (χ2v) is 10.7. The molecule has 2 saturated carbocycles. The molecule has 0 aliphatic heterocycles. The molecule has 0 aromatic carbocycles. The number of aromatic nitrogens is 4. The molecule has 0 spiro atoms. The van der Waals surface area contributed by atoms with Crippen LogP contribution in [0, 0.1) is 18.8 Å². The van der Waals surface area contributed by atoms with Crippen molar-refractivity contribution in [1.29, 1.82) is 0 Å². The van der Waals surface area contributed by atoms with Gasteiger partial charge < -0.3 is 19.5 Å². The Kier molecular flexibility index (Phi) is 7.51. The van der Waals surface area contributed by atoms with Crippen LogP contribution in [0.5, 0.6) is 5.75 Å². The van der Waals surface area contributed by atoms with Gasteiger partial charge in [0.05, 0.1) is 23.4 Å². The zero-order valence-electron chi connectivity index (χ0n) is 21.9.